The summed E-state index contributed by atoms with van der Waals surface area (Å²) in [4.78, 5) is 0. The second kappa shape index (κ2) is 4.07. The molecule has 0 radical (unpaired) electrons. The second-order valence-corrected chi connectivity index (χ2v) is 3.89. The lowest BCUT2D eigenvalue weighted by atomic mass is 10.1. The standard InChI is InChI=1S/C13H17NO/c1-3-14-9-10(2)12-6-4-5-11(7-8-15)13(12)14/h4-6,9,15H,3,7-8H2,1-2H3. The number of aliphatic hydroxyl groups excluding tert-OH is 1. The van der Waals surface area contributed by atoms with E-state index in [0.717, 1.165) is 13.0 Å². The van der Waals surface area contributed by atoms with Gasteiger partial charge in [-0.15, -0.1) is 0 Å². The van der Waals surface area contributed by atoms with Crippen molar-refractivity contribution in [1.29, 1.82) is 0 Å². The summed E-state index contributed by atoms with van der Waals surface area (Å²) in [5.74, 6) is 0. The molecule has 1 aromatic heterocycles. The van der Waals surface area contributed by atoms with Crippen LogP contribution in [0.5, 0.6) is 0 Å². The molecular weight excluding hydrogens is 186 g/mol. The molecule has 2 rings (SSSR count). The molecule has 0 aliphatic carbocycles. The van der Waals surface area contributed by atoms with Crippen LogP contribution in [0.2, 0.25) is 0 Å². The molecule has 0 saturated carbocycles. The van der Waals surface area contributed by atoms with Crippen molar-refractivity contribution in [3.05, 3.63) is 35.5 Å². The molecule has 2 heteroatoms. The number of aliphatic hydroxyl groups is 1. The number of hydrogen-bond acceptors (Lipinski definition) is 1. The lowest BCUT2D eigenvalue weighted by Gasteiger charge is -2.06. The summed E-state index contributed by atoms with van der Waals surface area (Å²) in [6.45, 7) is 5.48. The van der Waals surface area contributed by atoms with Gasteiger partial charge in [-0.1, -0.05) is 18.2 Å². The molecule has 0 spiro atoms. The number of hydrogen-bond donors (Lipinski definition) is 1. The molecule has 2 nitrogen and oxygen atoms in total. The first-order valence-electron chi connectivity index (χ1n) is 5.46. The van der Waals surface area contributed by atoms with Gasteiger partial charge in [-0.05, 0) is 31.4 Å². The van der Waals surface area contributed by atoms with Crippen molar-refractivity contribution in [3.63, 3.8) is 0 Å². The average molecular weight is 203 g/mol. The molecule has 0 bridgehead atoms. The van der Waals surface area contributed by atoms with Gasteiger partial charge >= 0.3 is 0 Å². The van der Waals surface area contributed by atoms with Crippen molar-refractivity contribution in [2.45, 2.75) is 26.8 Å². The van der Waals surface area contributed by atoms with E-state index in [1.54, 1.807) is 0 Å². The van der Waals surface area contributed by atoms with Crippen LogP contribution in [0.1, 0.15) is 18.1 Å². The van der Waals surface area contributed by atoms with E-state index in [1.807, 2.05) is 0 Å². The molecule has 1 heterocycles. The molecule has 1 aromatic carbocycles. The van der Waals surface area contributed by atoms with Gasteiger partial charge in [0.2, 0.25) is 0 Å². The summed E-state index contributed by atoms with van der Waals surface area (Å²) >= 11 is 0. The van der Waals surface area contributed by atoms with Crippen LogP contribution in [0, 0.1) is 6.92 Å². The molecule has 0 amide bonds. The third kappa shape index (κ3) is 1.65. The van der Waals surface area contributed by atoms with E-state index in [2.05, 4.69) is 42.8 Å². The predicted octanol–water partition coefficient (Wildman–Crippen LogP) is 2.50. The molecule has 0 fully saturated rings. The van der Waals surface area contributed by atoms with Gasteiger partial charge in [0.1, 0.15) is 0 Å². The minimum Gasteiger partial charge on any atom is -0.396 e. The number of aryl methyl sites for hydroxylation is 2. The maximum atomic E-state index is 9.04. The van der Waals surface area contributed by atoms with Crippen LogP contribution in [0.25, 0.3) is 10.9 Å². The first-order valence-corrected chi connectivity index (χ1v) is 5.46. The Balaban J connectivity index is 2.70. The van der Waals surface area contributed by atoms with E-state index in [1.165, 1.54) is 22.0 Å². The summed E-state index contributed by atoms with van der Waals surface area (Å²) in [6, 6.07) is 6.32. The molecule has 0 unspecified atom stereocenters. The summed E-state index contributed by atoms with van der Waals surface area (Å²) < 4.78 is 2.26. The maximum absolute atomic E-state index is 9.04. The Morgan fingerprint density at radius 2 is 2.13 bits per heavy atom. The predicted molar refractivity (Wildman–Crippen MR) is 63.1 cm³/mol. The quantitative estimate of drug-likeness (QED) is 0.814. The highest BCUT2D eigenvalue weighted by atomic mass is 16.2. The van der Waals surface area contributed by atoms with Crippen molar-refractivity contribution < 1.29 is 5.11 Å². The van der Waals surface area contributed by atoms with Crippen LogP contribution < -0.4 is 0 Å². The highest BCUT2D eigenvalue weighted by molar-refractivity contribution is 5.86. The van der Waals surface area contributed by atoms with Crippen LogP contribution in [-0.4, -0.2) is 16.3 Å². The zero-order valence-electron chi connectivity index (χ0n) is 9.33. The van der Waals surface area contributed by atoms with Gasteiger partial charge < -0.3 is 9.67 Å². The number of para-hydroxylation sites is 1. The first kappa shape index (κ1) is 10.2. The van der Waals surface area contributed by atoms with Crippen LogP contribution in [-0.2, 0) is 13.0 Å². The van der Waals surface area contributed by atoms with E-state index >= 15 is 0 Å². The van der Waals surface area contributed by atoms with Gasteiger partial charge in [0.05, 0.1) is 5.52 Å². The van der Waals surface area contributed by atoms with Gasteiger partial charge in [-0.2, -0.15) is 0 Å². The average Bonchev–Trinajstić information content (AvgIpc) is 2.58. The van der Waals surface area contributed by atoms with E-state index in [9.17, 15) is 0 Å². The van der Waals surface area contributed by atoms with Crippen LogP contribution in [0.4, 0.5) is 0 Å². The van der Waals surface area contributed by atoms with Crippen LogP contribution in [0.15, 0.2) is 24.4 Å². The number of aromatic nitrogens is 1. The lowest BCUT2D eigenvalue weighted by Crippen LogP contribution is -1.97. The number of benzene rings is 1. The third-order valence-electron chi connectivity index (χ3n) is 2.90. The van der Waals surface area contributed by atoms with Crippen molar-refractivity contribution in [3.8, 4) is 0 Å². The molecular formula is C13H17NO. The fourth-order valence-electron chi connectivity index (χ4n) is 2.19. The maximum Gasteiger partial charge on any atom is 0.0516 e. The minimum atomic E-state index is 0.215. The largest absolute Gasteiger partial charge is 0.396 e. The highest BCUT2D eigenvalue weighted by Gasteiger charge is 2.07. The monoisotopic (exact) mass is 203 g/mol. The van der Waals surface area contributed by atoms with Crippen LogP contribution >= 0.6 is 0 Å². The van der Waals surface area contributed by atoms with Gasteiger partial charge in [0.15, 0.2) is 0 Å². The molecule has 2 aromatic rings. The van der Waals surface area contributed by atoms with E-state index < -0.39 is 0 Å². The van der Waals surface area contributed by atoms with Gasteiger partial charge in [0.25, 0.3) is 0 Å². The summed E-state index contributed by atoms with van der Waals surface area (Å²) in [7, 11) is 0. The van der Waals surface area contributed by atoms with Crippen molar-refractivity contribution in [1.82, 2.24) is 4.57 Å². The molecule has 0 atom stereocenters. The Morgan fingerprint density at radius 1 is 1.33 bits per heavy atom. The Kier molecular flexibility index (Phi) is 2.78. The minimum absolute atomic E-state index is 0.215. The first-order chi connectivity index (χ1) is 7.27. The smallest absolute Gasteiger partial charge is 0.0516 e. The van der Waals surface area contributed by atoms with Gasteiger partial charge in [0, 0.05) is 24.7 Å². The van der Waals surface area contributed by atoms with Crippen molar-refractivity contribution in [2.24, 2.45) is 0 Å². The third-order valence-corrected chi connectivity index (χ3v) is 2.90. The van der Waals surface area contributed by atoms with E-state index in [-0.39, 0.29) is 6.61 Å². The zero-order chi connectivity index (χ0) is 10.8. The summed E-state index contributed by atoms with van der Waals surface area (Å²) in [6.07, 6.45) is 2.92. The molecule has 15 heavy (non-hydrogen) atoms. The molecule has 0 aliphatic heterocycles. The van der Waals surface area contributed by atoms with Crippen molar-refractivity contribution in [2.75, 3.05) is 6.61 Å². The fraction of sp³-hybridized carbons (Fsp3) is 0.385. The van der Waals surface area contributed by atoms with E-state index in [0.29, 0.717) is 0 Å². The number of fused-ring (bicyclic) bond motifs is 1. The Morgan fingerprint density at radius 3 is 2.80 bits per heavy atom. The number of rotatable bonds is 3. The Hall–Kier alpha value is -1.28. The Labute approximate surface area is 90.2 Å². The zero-order valence-corrected chi connectivity index (χ0v) is 9.33. The molecule has 80 valence electrons. The highest BCUT2D eigenvalue weighted by Crippen LogP contribution is 2.24. The Bertz CT molecular complexity index is 471. The summed E-state index contributed by atoms with van der Waals surface area (Å²) in [5, 5.41) is 10.3. The van der Waals surface area contributed by atoms with Crippen molar-refractivity contribution >= 4 is 10.9 Å². The molecule has 0 saturated heterocycles. The van der Waals surface area contributed by atoms with Crippen LogP contribution in [0.3, 0.4) is 0 Å². The summed E-state index contributed by atoms with van der Waals surface area (Å²) in [5.41, 5.74) is 3.84. The van der Waals surface area contributed by atoms with Gasteiger partial charge in [-0.3, -0.25) is 0 Å². The van der Waals surface area contributed by atoms with E-state index in [4.69, 9.17) is 5.11 Å². The molecule has 1 N–H and O–H groups in total. The molecule has 0 aliphatic rings. The lowest BCUT2D eigenvalue weighted by molar-refractivity contribution is 0.300. The fourth-order valence-corrected chi connectivity index (χ4v) is 2.19. The van der Waals surface area contributed by atoms with Gasteiger partial charge in [-0.25, -0.2) is 0 Å². The second-order valence-electron chi connectivity index (χ2n) is 3.89. The SMILES string of the molecule is CCn1cc(C)c2cccc(CCO)c21. The number of nitrogens with zero attached hydrogens (tertiary/aromatic N) is 1. The topological polar surface area (TPSA) is 25.2 Å². The normalized spacial score (nSPS) is 11.1.